The van der Waals surface area contributed by atoms with Crippen LogP contribution >= 0.6 is 11.6 Å². The number of rotatable bonds is 4. The molecule has 1 aliphatic rings. The van der Waals surface area contributed by atoms with Crippen LogP contribution in [-0.4, -0.2) is 12.6 Å². The highest BCUT2D eigenvalue weighted by Gasteiger charge is 2.23. The maximum absolute atomic E-state index is 13.4. The fraction of sp³-hybridized carbons (Fsp3) is 0.625. The normalized spacial score (nSPS) is 24.2. The van der Waals surface area contributed by atoms with Gasteiger partial charge in [0.25, 0.3) is 0 Å². The molecule has 1 N–H and O–H groups in total. The Morgan fingerprint density at radius 3 is 2.84 bits per heavy atom. The molecule has 1 aromatic carbocycles. The Labute approximate surface area is 120 Å². The Morgan fingerprint density at radius 2 is 2.05 bits per heavy atom. The van der Waals surface area contributed by atoms with E-state index in [4.69, 9.17) is 11.6 Å². The highest BCUT2D eigenvalue weighted by atomic mass is 35.5. The number of nitrogens with one attached hydrogen (secondary N) is 1. The van der Waals surface area contributed by atoms with E-state index in [9.17, 15) is 4.39 Å². The molecule has 2 unspecified atom stereocenters. The summed E-state index contributed by atoms with van der Waals surface area (Å²) in [7, 11) is 0. The molecule has 1 aromatic rings. The lowest BCUT2D eigenvalue weighted by molar-refractivity contribution is 0.337. The van der Waals surface area contributed by atoms with Crippen molar-refractivity contribution in [2.24, 2.45) is 5.92 Å². The summed E-state index contributed by atoms with van der Waals surface area (Å²) in [6.45, 7) is 3.15. The van der Waals surface area contributed by atoms with E-state index in [1.165, 1.54) is 38.2 Å². The van der Waals surface area contributed by atoms with Crippen molar-refractivity contribution >= 4 is 11.6 Å². The first-order chi connectivity index (χ1) is 9.20. The Hall–Kier alpha value is -0.600. The smallest absolute Gasteiger partial charge is 0.123 e. The summed E-state index contributed by atoms with van der Waals surface area (Å²) < 4.78 is 13.4. The maximum Gasteiger partial charge on any atom is 0.123 e. The fourth-order valence-corrected chi connectivity index (χ4v) is 3.34. The Bertz CT molecular complexity index is 408. The molecule has 0 saturated heterocycles. The van der Waals surface area contributed by atoms with Crippen LogP contribution in [0.3, 0.4) is 0 Å². The van der Waals surface area contributed by atoms with Gasteiger partial charge in [0.2, 0.25) is 0 Å². The van der Waals surface area contributed by atoms with E-state index >= 15 is 0 Å². The summed E-state index contributed by atoms with van der Waals surface area (Å²) in [6.07, 6.45) is 7.21. The van der Waals surface area contributed by atoms with Gasteiger partial charge in [0, 0.05) is 11.1 Å². The van der Waals surface area contributed by atoms with Crippen molar-refractivity contribution in [3.8, 4) is 0 Å². The van der Waals surface area contributed by atoms with Gasteiger partial charge in [-0.1, -0.05) is 37.8 Å². The number of halogens is 2. The summed E-state index contributed by atoms with van der Waals surface area (Å²) in [5.41, 5.74) is 0.955. The lowest BCUT2D eigenvalue weighted by atomic mass is 9.88. The molecule has 1 saturated carbocycles. The van der Waals surface area contributed by atoms with Crippen molar-refractivity contribution in [2.45, 2.75) is 51.5 Å². The molecule has 0 aliphatic heterocycles. The third-order valence-electron chi connectivity index (χ3n) is 4.12. The maximum atomic E-state index is 13.4. The van der Waals surface area contributed by atoms with Gasteiger partial charge in [-0.15, -0.1) is 0 Å². The molecule has 106 valence electrons. The molecule has 0 aromatic heterocycles. The lowest BCUT2D eigenvalue weighted by Gasteiger charge is -2.26. The summed E-state index contributed by atoms with van der Waals surface area (Å²) in [5, 5.41) is 4.29. The molecule has 0 radical (unpaired) electrons. The van der Waals surface area contributed by atoms with E-state index in [2.05, 4.69) is 12.2 Å². The van der Waals surface area contributed by atoms with E-state index in [1.54, 1.807) is 12.1 Å². The molecule has 0 heterocycles. The van der Waals surface area contributed by atoms with Crippen LogP contribution in [0.4, 0.5) is 4.39 Å². The van der Waals surface area contributed by atoms with Gasteiger partial charge >= 0.3 is 0 Å². The molecule has 19 heavy (non-hydrogen) atoms. The molecule has 1 fully saturated rings. The summed E-state index contributed by atoms with van der Waals surface area (Å²) in [6, 6.07) is 5.24. The fourth-order valence-electron chi connectivity index (χ4n) is 3.14. The first-order valence-corrected chi connectivity index (χ1v) is 7.75. The third-order valence-corrected chi connectivity index (χ3v) is 4.48. The van der Waals surface area contributed by atoms with Crippen molar-refractivity contribution in [3.63, 3.8) is 0 Å². The van der Waals surface area contributed by atoms with Crippen LogP contribution in [0, 0.1) is 11.7 Å². The van der Waals surface area contributed by atoms with Gasteiger partial charge in [-0.3, -0.25) is 0 Å². The zero-order valence-corrected chi connectivity index (χ0v) is 12.3. The second-order valence-corrected chi connectivity index (χ2v) is 5.91. The van der Waals surface area contributed by atoms with Crippen molar-refractivity contribution in [3.05, 3.63) is 34.6 Å². The van der Waals surface area contributed by atoms with Gasteiger partial charge < -0.3 is 5.32 Å². The quantitative estimate of drug-likeness (QED) is 0.798. The third kappa shape index (κ3) is 4.19. The van der Waals surface area contributed by atoms with Crippen molar-refractivity contribution in [1.82, 2.24) is 5.32 Å². The zero-order valence-electron chi connectivity index (χ0n) is 11.6. The minimum atomic E-state index is -0.187. The van der Waals surface area contributed by atoms with Gasteiger partial charge in [0.15, 0.2) is 0 Å². The molecule has 2 rings (SSSR count). The predicted molar refractivity (Wildman–Crippen MR) is 79.2 cm³/mol. The molecule has 0 amide bonds. The van der Waals surface area contributed by atoms with Crippen LogP contribution in [0.2, 0.25) is 5.02 Å². The van der Waals surface area contributed by atoms with E-state index in [0.717, 1.165) is 18.5 Å². The van der Waals surface area contributed by atoms with Crippen LogP contribution in [0.15, 0.2) is 18.2 Å². The van der Waals surface area contributed by atoms with E-state index in [-0.39, 0.29) is 5.82 Å². The van der Waals surface area contributed by atoms with Crippen LogP contribution < -0.4 is 5.32 Å². The Kier molecular flexibility index (Phi) is 5.65. The van der Waals surface area contributed by atoms with Crippen LogP contribution in [0.1, 0.15) is 44.6 Å². The molecule has 0 spiro atoms. The van der Waals surface area contributed by atoms with E-state index in [0.29, 0.717) is 17.0 Å². The minimum Gasteiger partial charge on any atom is -0.314 e. The lowest BCUT2D eigenvalue weighted by Crippen LogP contribution is -2.36. The van der Waals surface area contributed by atoms with E-state index in [1.807, 2.05) is 0 Å². The standard InChI is InChI=1S/C16H23ClFN/c1-2-19-16-7-5-3-4-6-12(16)10-13-11-14(18)8-9-15(13)17/h8-9,11-12,16,19H,2-7,10H2,1H3. The van der Waals surface area contributed by atoms with Crippen LogP contribution in [-0.2, 0) is 6.42 Å². The average molecular weight is 284 g/mol. The second-order valence-electron chi connectivity index (χ2n) is 5.50. The number of hydrogen-bond donors (Lipinski definition) is 1. The SMILES string of the molecule is CCNC1CCCCCC1Cc1cc(F)ccc1Cl. The van der Waals surface area contributed by atoms with Crippen LogP contribution in [0.25, 0.3) is 0 Å². The summed E-state index contributed by atoms with van der Waals surface area (Å²) in [5.74, 6) is 0.384. The van der Waals surface area contributed by atoms with Crippen molar-refractivity contribution < 1.29 is 4.39 Å². The molecule has 1 nitrogen and oxygen atoms in total. The Morgan fingerprint density at radius 1 is 1.26 bits per heavy atom. The summed E-state index contributed by atoms with van der Waals surface area (Å²) in [4.78, 5) is 0. The first kappa shape index (κ1) is 14.8. The monoisotopic (exact) mass is 283 g/mol. The number of benzene rings is 1. The number of hydrogen-bond acceptors (Lipinski definition) is 1. The first-order valence-electron chi connectivity index (χ1n) is 7.38. The second kappa shape index (κ2) is 7.25. The Balaban J connectivity index is 2.11. The molecule has 2 atom stereocenters. The van der Waals surface area contributed by atoms with Gasteiger partial charge in [-0.05, 0) is 55.5 Å². The van der Waals surface area contributed by atoms with Crippen molar-refractivity contribution in [1.29, 1.82) is 0 Å². The van der Waals surface area contributed by atoms with Crippen LogP contribution in [0.5, 0.6) is 0 Å². The molecular formula is C16H23ClFN. The van der Waals surface area contributed by atoms with Gasteiger partial charge in [-0.25, -0.2) is 4.39 Å². The van der Waals surface area contributed by atoms with Gasteiger partial charge in [-0.2, -0.15) is 0 Å². The molecule has 1 aliphatic carbocycles. The molecule has 3 heteroatoms. The van der Waals surface area contributed by atoms with Crippen molar-refractivity contribution in [2.75, 3.05) is 6.54 Å². The zero-order chi connectivity index (χ0) is 13.7. The highest BCUT2D eigenvalue weighted by Crippen LogP contribution is 2.29. The summed E-state index contributed by atoms with van der Waals surface area (Å²) >= 11 is 6.19. The van der Waals surface area contributed by atoms with Gasteiger partial charge in [0.05, 0.1) is 0 Å². The minimum absolute atomic E-state index is 0.187. The van der Waals surface area contributed by atoms with E-state index < -0.39 is 0 Å². The molecular weight excluding hydrogens is 261 g/mol. The molecule has 0 bridgehead atoms. The highest BCUT2D eigenvalue weighted by molar-refractivity contribution is 6.31. The topological polar surface area (TPSA) is 12.0 Å². The predicted octanol–water partition coefficient (Wildman–Crippen LogP) is 4.58. The average Bonchev–Trinajstić information content (AvgIpc) is 2.60. The van der Waals surface area contributed by atoms with Gasteiger partial charge in [0.1, 0.15) is 5.82 Å². The largest absolute Gasteiger partial charge is 0.314 e.